The molecule has 266 valence electrons. The number of ether oxygens (including phenoxy) is 2. The number of oxazole rings is 1. The zero-order chi connectivity index (χ0) is 36.1. The SMILES string of the molecule is CC(C)(C)c1c(-c2nc(C(=O)Nc3cn(-c4ccc(C=O)cc4)nc3CCCOC3CCCCO3)co2)ccnc1N(CC(F)(F)F)C(=O)O. The summed E-state index contributed by atoms with van der Waals surface area (Å²) in [4.78, 5) is 45.0. The number of carbonyl (C=O) groups is 3. The van der Waals surface area contributed by atoms with Gasteiger partial charge in [-0.1, -0.05) is 20.8 Å². The number of nitrogens with one attached hydrogen (secondary N) is 1. The maximum atomic E-state index is 13.5. The monoisotopic (exact) mass is 698 g/mol. The Bertz CT molecular complexity index is 1810. The van der Waals surface area contributed by atoms with Crippen molar-refractivity contribution in [1.82, 2.24) is 19.7 Å². The van der Waals surface area contributed by atoms with Crippen LogP contribution in [0.1, 0.15) is 78.6 Å². The number of carbonyl (C=O) groups excluding carboxylic acids is 2. The summed E-state index contributed by atoms with van der Waals surface area (Å²) < 4.78 is 58.8. The number of aromatic nitrogens is 4. The van der Waals surface area contributed by atoms with Crippen molar-refractivity contribution in [3.63, 3.8) is 0 Å². The smallest absolute Gasteiger partial charge is 0.413 e. The minimum Gasteiger partial charge on any atom is -0.465 e. The highest BCUT2D eigenvalue weighted by Gasteiger charge is 2.38. The molecule has 0 bridgehead atoms. The van der Waals surface area contributed by atoms with Crippen LogP contribution in [-0.2, 0) is 21.3 Å². The van der Waals surface area contributed by atoms with Crippen LogP contribution in [0.25, 0.3) is 17.1 Å². The lowest BCUT2D eigenvalue weighted by Gasteiger charge is -2.29. The molecule has 1 atom stereocenters. The number of aldehydes is 1. The summed E-state index contributed by atoms with van der Waals surface area (Å²) in [7, 11) is 0. The summed E-state index contributed by atoms with van der Waals surface area (Å²) in [5.74, 6) is -1.20. The van der Waals surface area contributed by atoms with Crippen LogP contribution >= 0.6 is 0 Å². The lowest BCUT2D eigenvalue weighted by molar-refractivity contribution is -0.162. The average molecular weight is 699 g/mol. The van der Waals surface area contributed by atoms with Gasteiger partial charge in [0.05, 0.1) is 29.9 Å². The van der Waals surface area contributed by atoms with E-state index in [4.69, 9.17) is 13.9 Å². The van der Waals surface area contributed by atoms with Crippen LogP contribution in [0.15, 0.2) is 53.4 Å². The van der Waals surface area contributed by atoms with Crippen molar-refractivity contribution >= 4 is 29.8 Å². The normalized spacial score (nSPS) is 15.1. The Labute approximate surface area is 285 Å². The lowest BCUT2D eigenvalue weighted by Crippen LogP contribution is -2.40. The zero-order valence-corrected chi connectivity index (χ0v) is 27.7. The second kappa shape index (κ2) is 15.2. The van der Waals surface area contributed by atoms with Gasteiger partial charge in [-0.15, -0.1) is 0 Å². The molecule has 4 heterocycles. The molecule has 13 nitrogen and oxygen atoms in total. The molecule has 1 aliphatic heterocycles. The van der Waals surface area contributed by atoms with Crippen LogP contribution in [0.4, 0.5) is 29.5 Å². The number of aryl methyl sites for hydroxylation is 1. The van der Waals surface area contributed by atoms with Gasteiger partial charge in [-0.2, -0.15) is 18.3 Å². The quantitative estimate of drug-likeness (QED) is 0.119. The standard InChI is InChI=1S/C34H37F3N6O7/c1-33(2,3)28-23(13-14-38-29(28)42(32(46)47)20-34(35,36)37)31-40-26(19-50-31)30(45)39-25-17-43(22-11-9-21(18-44)10-12-22)41-24(25)7-6-16-49-27-8-4-5-15-48-27/h9-14,17-19,27H,4-8,15-16,20H2,1-3H3,(H,39,45)(H,46,47). The number of pyridine rings is 1. The Balaban J connectivity index is 1.40. The molecular formula is C34H37F3N6O7. The number of hydrogen-bond acceptors (Lipinski definition) is 9. The van der Waals surface area contributed by atoms with E-state index in [0.29, 0.717) is 48.7 Å². The van der Waals surface area contributed by atoms with Crippen molar-refractivity contribution in [2.24, 2.45) is 0 Å². The third-order valence-corrected chi connectivity index (χ3v) is 7.80. The molecule has 4 aromatic rings. The summed E-state index contributed by atoms with van der Waals surface area (Å²) in [6.07, 6.45) is 1.60. The van der Waals surface area contributed by atoms with Gasteiger partial charge < -0.3 is 24.3 Å². The molecule has 1 aromatic carbocycles. The fourth-order valence-electron chi connectivity index (χ4n) is 5.51. The Morgan fingerprint density at radius 1 is 1.16 bits per heavy atom. The fourth-order valence-corrected chi connectivity index (χ4v) is 5.51. The summed E-state index contributed by atoms with van der Waals surface area (Å²) in [5, 5.41) is 17.2. The summed E-state index contributed by atoms with van der Waals surface area (Å²) in [6, 6.07) is 8.16. The summed E-state index contributed by atoms with van der Waals surface area (Å²) in [5.41, 5.74) is 1.32. The van der Waals surface area contributed by atoms with Crippen molar-refractivity contribution in [3.05, 3.63) is 71.5 Å². The van der Waals surface area contributed by atoms with Crippen LogP contribution in [0.2, 0.25) is 0 Å². The molecule has 0 aliphatic carbocycles. The van der Waals surface area contributed by atoms with E-state index in [1.807, 2.05) is 0 Å². The second-order valence-electron chi connectivity index (χ2n) is 12.7. The highest BCUT2D eigenvalue weighted by atomic mass is 19.4. The predicted octanol–water partition coefficient (Wildman–Crippen LogP) is 6.81. The van der Waals surface area contributed by atoms with Crippen LogP contribution in [0.3, 0.4) is 0 Å². The number of hydrogen-bond donors (Lipinski definition) is 2. The Morgan fingerprint density at radius 2 is 1.92 bits per heavy atom. The van der Waals surface area contributed by atoms with Crippen molar-refractivity contribution in [2.45, 2.75) is 70.8 Å². The number of carboxylic acid groups (broad SMARTS) is 1. The number of benzene rings is 1. The minimum atomic E-state index is -4.83. The zero-order valence-electron chi connectivity index (χ0n) is 27.7. The van der Waals surface area contributed by atoms with Crippen molar-refractivity contribution in [3.8, 4) is 17.1 Å². The molecular weight excluding hydrogens is 661 g/mol. The molecule has 2 amide bonds. The van der Waals surface area contributed by atoms with Gasteiger partial charge in [0.25, 0.3) is 5.91 Å². The number of anilines is 2. The van der Waals surface area contributed by atoms with Gasteiger partial charge >= 0.3 is 12.3 Å². The first-order valence-corrected chi connectivity index (χ1v) is 15.9. The number of rotatable bonds is 12. The van der Waals surface area contributed by atoms with Gasteiger partial charge in [-0.25, -0.2) is 19.4 Å². The van der Waals surface area contributed by atoms with Crippen LogP contribution in [-0.4, -0.2) is 75.4 Å². The topological polar surface area (TPSA) is 162 Å². The number of nitrogens with zero attached hydrogens (tertiary/aromatic N) is 5. The third-order valence-electron chi connectivity index (χ3n) is 7.80. The van der Waals surface area contributed by atoms with Crippen molar-refractivity contribution < 1.29 is 46.6 Å². The maximum Gasteiger partial charge on any atom is 0.413 e. The van der Waals surface area contributed by atoms with E-state index < -0.39 is 36.0 Å². The fraction of sp³-hybridized carbons (Fsp3) is 0.412. The number of halogens is 3. The van der Waals surface area contributed by atoms with E-state index in [2.05, 4.69) is 20.4 Å². The van der Waals surface area contributed by atoms with Gasteiger partial charge in [0.2, 0.25) is 5.89 Å². The molecule has 16 heteroatoms. The van der Waals surface area contributed by atoms with E-state index in [9.17, 15) is 32.7 Å². The molecule has 3 aromatic heterocycles. The molecule has 0 saturated carbocycles. The Kier molecular flexibility index (Phi) is 11.0. The van der Waals surface area contributed by atoms with Crippen LogP contribution in [0, 0.1) is 0 Å². The van der Waals surface area contributed by atoms with E-state index >= 15 is 0 Å². The second-order valence-corrected chi connectivity index (χ2v) is 12.7. The van der Waals surface area contributed by atoms with Gasteiger partial charge in [-0.3, -0.25) is 14.5 Å². The van der Waals surface area contributed by atoms with E-state index in [1.54, 1.807) is 55.9 Å². The Morgan fingerprint density at radius 3 is 2.56 bits per heavy atom. The molecule has 50 heavy (non-hydrogen) atoms. The van der Waals surface area contributed by atoms with Gasteiger partial charge in [0.1, 0.15) is 24.9 Å². The van der Waals surface area contributed by atoms with Gasteiger partial charge in [-0.05, 0) is 67.9 Å². The molecule has 0 radical (unpaired) electrons. The first kappa shape index (κ1) is 36.2. The number of alkyl halides is 3. The van der Waals surface area contributed by atoms with Gasteiger partial charge in [0, 0.05) is 29.5 Å². The van der Waals surface area contributed by atoms with E-state index in [0.717, 1.165) is 38.0 Å². The van der Waals surface area contributed by atoms with Gasteiger partial charge in [0.15, 0.2) is 12.0 Å². The molecule has 1 fully saturated rings. The molecule has 1 aliphatic rings. The summed E-state index contributed by atoms with van der Waals surface area (Å²) in [6.45, 7) is 4.34. The first-order valence-electron chi connectivity index (χ1n) is 15.9. The highest BCUT2D eigenvalue weighted by molar-refractivity contribution is 6.03. The average Bonchev–Trinajstić information content (AvgIpc) is 3.73. The first-order chi connectivity index (χ1) is 23.7. The van der Waals surface area contributed by atoms with Crippen molar-refractivity contribution in [1.29, 1.82) is 0 Å². The number of amides is 2. The third kappa shape index (κ3) is 8.92. The molecule has 5 rings (SSSR count). The Hall–Kier alpha value is -5.09. The molecule has 1 unspecified atom stereocenters. The lowest BCUT2D eigenvalue weighted by atomic mass is 9.83. The van der Waals surface area contributed by atoms with E-state index in [1.165, 1.54) is 6.07 Å². The van der Waals surface area contributed by atoms with Crippen LogP contribution in [0.5, 0.6) is 0 Å². The van der Waals surface area contributed by atoms with Crippen LogP contribution < -0.4 is 10.2 Å². The van der Waals surface area contributed by atoms with Crippen molar-refractivity contribution in [2.75, 3.05) is 30.0 Å². The maximum absolute atomic E-state index is 13.5. The summed E-state index contributed by atoms with van der Waals surface area (Å²) >= 11 is 0. The minimum absolute atomic E-state index is 0.116. The molecule has 1 saturated heterocycles. The van der Waals surface area contributed by atoms with E-state index in [-0.39, 0.29) is 33.9 Å². The molecule has 2 N–H and O–H groups in total. The predicted molar refractivity (Wildman–Crippen MR) is 175 cm³/mol. The molecule has 0 spiro atoms. The largest absolute Gasteiger partial charge is 0.465 e. The highest BCUT2D eigenvalue weighted by Crippen LogP contribution is 2.39.